The third kappa shape index (κ3) is 4.04. The lowest BCUT2D eigenvalue weighted by Crippen LogP contribution is -2.37. The van der Waals surface area contributed by atoms with E-state index in [2.05, 4.69) is 20.2 Å². The molecule has 0 aliphatic heterocycles. The van der Waals surface area contributed by atoms with Crippen LogP contribution in [0.25, 0.3) is 0 Å². The molecule has 20 heavy (non-hydrogen) atoms. The molecule has 0 atom stereocenters. The van der Waals surface area contributed by atoms with Crippen molar-refractivity contribution in [1.82, 2.24) is 20.2 Å². The lowest BCUT2D eigenvalue weighted by atomic mass is 9.96. The Labute approximate surface area is 120 Å². The Hall–Kier alpha value is -0.920. The highest BCUT2D eigenvalue weighted by molar-refractivity contribution is 7.89. The summed E-state index contributed by atoms with van der Waals surface area (Å²) >= 11 is 0. The Morgan fingerprint density at radius 2 is 2.05 bits per heavy atom. The number of sulfonamides is 1. The summed E-state index contributed by atoms with van der Waals surface area (Å²) in [4.78, 5) is 0. The monoisotopic (exact) mass is 300 g/mol. The molecule has 1 aliphatic rings. The van der Waals surface area contributed by atoms with E-state index < -0.39 is 10.0 Å². The van der Waals surface area contributed by atoms with Crippen LogP contribution in [0.1, 0.15) is 51.5 Å². The lowest BCUT2D eigenvalue weighted by Gasteiger charge is -2.22. The first-order valence-corrected chi connectivity index (χ1v) is 8.75. The van der Waals surface area contributed by atoms with Gasteiger partial charge in [-0.2, -0.15) is 5.10 Å². The number of hydrogen-bond donors (Lipinski definition) is 3. The summed E-state index contributed by atoms with van der Waals surface area (Å²) in [6, 6.07) is 0.356. The summed E-state index contributed by atoms with van der Waals surface area (Å²) < 4.78 is 27.6. The molecule has 0 aromatic carbocycles. The third-order valence-corrected chi connectivity index (χ3v) is 5.11. The average molecular weight is 300 g/mol. The number of nitrogens with one attached hydrogen (secondary N) is 3. The second-order valence-corrected chi connectivity index (χ2v) is 7.37. The molecule has 3 N–H and O–H groups in total. The predicted molar refractivity (Wildman–Crippen MR) is 77.8 cm³/mol. The van der Waals surface area contributed by atoms with Crippen LogP contribution in [0.15, 0.2) is 11.2 Å². The smallest absolute Gasteiger partial charge is 0.258 e. The zero-order chi connectivity index (χ0) is 14.6. The van der Waals surface area contributed by atoms with E-state index in [1.54, 1.807) is 6.20 Å². The summed E-state index contributed by atoms with van der Waals surface area (Å²) in [5.41, 5.74) is 0.682. The molecular formula is C13H24N4O2S. The van der Waals surface area contributed by atoms with E-state index in [0.717, 1.165) is 25.7 Å². The molecule has 0 radical (unpaired) electrons. The Morgan fingerprint density at radius 1 is 1.35 bits per heavy atom. The minimum absolute atomic E-state index is 0.0583. The maximum absolute atomic E-state index is 12.4. The fourth-order valence-electron chi connectivity index (χ4n) is 2.47. The minimum atomic E-state index is -3.50. The first kappa shape index (κ1) is 15.5. The summed E-state index contributed by atoms with van der Waals surface area (Å²) in [5.74, 6) is 0. The van der Waals surface area contributed by atoms with E-state index in [9.17, 15) is 8.42 Å². The van der Waals surface area contributed by atoms with Crippen LogP contribution in [-0.2, 0) is 16.6 Å². The van der Waals surface area contributed by atoms with Gasteiger partial charge in [-0.15, -0.1) is 0 Å². The molecule has 1 aliphatic carbocycles. The molecule has 2 rings (SSSR count). The van der Waals surface area contributed by atoms with E-state index in [4.69, 9.17) is 0 Å². The van der Waals surface area contributed by atoms with Gasteiger partial charge in [-0.1, -0.05) is 33.1 Å². The zero-order valence-corrected chi connectivity index (χ0v) is 13.0. The van der Waals surface area contributed by atoms with Crippen molar-refractivity contribution >= 4 is 10.0 Å². The molecule has 0 spiro atoms. The molecule has 0 unspecified atom stereocenters. The quantitative estimate of drug-likeness (QED) is 0.743. The Morgan fingerprint density at radius 3 is 2.70 bits per heavy atom. The second-order valence-electron chi connectivity index (χ2n) is 5.72. The van der Waals surface area contributed by atoms with Gasteiger partial charge in [0.15, 0.2) is 5.03 Å². The van der Waals surface area contributed by atoms with Gasteiger partial charge in [-0.25, -0.2) is 13.1 Å². The normalized spacial score (nSPS) is 17.8. The van der Waals surface area contributed by atoms with Gasteiger partial charge in [0.05, 0.1) is 6.20 Å². The molecule has 0 saturated heterocycles. The highest BCUT2D eigenvalue weighted by Gasteiger charge is 2.25. The Balaban J connectivity index is 2.06. The molecule has 1 heterocycles. The van der Waals surface area contributed by atoms with Crippen molar-refractivity contribution in [3.8, 4) is 0 Å². The molecule has 0 amide bonds. The number of hydrogen-bond acceptors (Lipinski definition) is 4. The second kappa shape index (κ2) is 6.69. The molecule has 1 saturated carbocycles. The highest BCUT2D eigenvalue weighted by Crippen LogP contribution is 2.20. The van der Waals surface area contributed by atoms with Gasteiger partial charge in [0.25, 0.3) is 10.0 Å². The number of aromatic amines is 1. The van der Waals surface area contributed by atoms with Crippen molar-refractivity contribution in [3.05, 3.63) is 11.8 Å². The van der Waals surface area contributed by atoms with Gasteiger partial charge in [0.2, 0.25) is 0 Å². The van der Waals surface area contributed by atoms with Gasteiger partial charge in [-0.3, -0.25) is 5.10 Å². The predicted octanol–water partition coefficient (Wildman–Crippen LogP) is 1.52. The Kier molecular flexibility index (Phi) is 5.17. The van der Waals surface area contributed by atoms with E-state index in [-0.39, 0.29) is 11.1 Å². The topological polar surface area (TPSA) is 86.9 Å². The molecule has 1 aromatic heterocycles. The lowest BCUT2D eigenvalue weighted by molar-refractivity contribution is 0.411. The van der Waals surface area contributed by atoms with Crippen LogP contribution in [0.2, 0.25) is 0 Å². The van der Waals surface area contributed by atoms with Crippen molar-refractivity contribution in [3.63, 3.8) is 0 Å². The molecule has 6 nitrogen and oxygen atoms in total. The van der Waals surface area contributed by atoms with Crippen LogP contribution >= 0.6 is 0 Å². The van der Waals surface area contributed by atoms with Crippen LogP contribution in [0.3, 0.4) is 0 Å². The molecule has 1 aromatic rings. The van der Waals surface area contributed by atoms with Crippen molar-refractivity contribution in [2.75, 3.05) is 0 Å². The van der Waals surface area contributed by atoms with Crippen LogP contribution in [-0.4, -0.2) is 30.7 Å². The van der Waals surface area contributed by atoms with Gasteiger partial charge >= 0.3 is 0 Å². The Bertz CT molecular complexity index is 518. The summed E-state index contributed by atoms with van der Waals surface area (Å²) in [5, 5.41) is 9.90. The molecule has 0 bridgehead atoms. The first-order chi connectivity index (χ1) is 9.49. The number of aromatic nitrogens is 2. The standard InChI is InChI=1S/C13H24N4O2S/c1-10(2)14-8-11-9-15-16-13(11)20(18,19)17-12-6-4-3-5-7-12/h9-10,12,14,17H,3-8H2,1-2H3,(H,15,16). The van der Waals surface area contributed by atoms with Crippen molar-refractivity contribution in [1.29, 1.82) is 0 Å². The van der Waals surface area contributed by atoms with Crippen LogP contribution in [0.5, 0.6) is 0 Å². The number of nitrogens with zero attached hydrogens (tertiary/aromatic N) is 1. The molecule has 114 valence electrons. The van der Waals surface area contributed by atoms with Gasteiger partial charge in [-0.05, 0) is 12.8 Å². The highest BCUT2D eigenvalue weighted by atomic mass is 32.2. The largest absolute Gasteiger partial charge is 0.310 e. The van der Waals surface area contributed by atoms with E-state index in [0.29, 0.717) is 18.2 Å². The zero-order valence-electron chi connectivity index (χ0n) is 12.1. The van der Waals surface area contributed by atoms with Gasteiger partial charge < -0.3 is 5.32 Å². The van der Waals surface area contributed by atoms with Crippen molar-refractivity contribution in [2.45, 2.75) is 69.6 Å². The number of H-pyrrole nitrogens is 1. The first-order valence-electron chi connectivity index (χ1n) is 7.27. The SMILES string of the molecule is CC(C)NCc1cn[nH]c1S(=O)(=O)NC1CCCCC1. The summed E-state index contributed by atoms with van der Waals surface area (Å²) in [7, 11) is -3.50. The summed E-state index contributed by atoms with van der Waals surface area (Å²) in [6.45, 7) is 4.54. The molecular weight excluding hydrogens is 276 g/mol. The van der Waals surface area contributed by atoms with E-state index in [1.807, 2.05) is 13.8 Å². The van der Waals surface area contributed by atoms with Crippen molar-refractivity contribution in [2.24, 2.45) is 0 Å². The van der Waals surface area contributed by atoms with E-state index in [1.165, 1.54) is 6.42 Å². The van der Waals surface area contributed by atoms with Crippen LogP contribution in [0, 0.1) is 0 Å². The van der Waals surface area contributed by atoms with Gasteiger partial charge in [0.1, 0.15) is 0 Å². The average Bonchev–Trinajstić information content (AvgIpc) is 2.86. The van der Waals surface area contributed by atoms with Crippen LogP contribution in [0.4, 0.5) is 0 Å². The molecule has 1 fully saturated rings. The fraction of sp³-hybridized carbons (Fsp3) is 0.769. The van der Waals surface area contributed by atoms with Crippen molar-refractivity contribution < 1.29 is 8.42 Å². The number of rotatable bonds is 6. The fourth-order valence-corrected chi connectivity index (χ4v) is 3.91. The minimum Gasteiger partial charge on any atom is -0.310 e. The third-order valence-electron chi connectivity index (χ3n) is 3.57. The maximum Gasteiger partial charge on any atom is 0.258 e. The summed E-state index contributed by atoms with van der Waals surface area (Å²) in [6.07, 6.45) is 6.81. The molecule has 7 heteroatoms. The maximum atomic E-state index is 12.4. The van der Waals surface area contributed by atoms with Gasteiger partial charge in [0, 0.05) is 24.2 Å². The van der Waals surface area contributed by atoms with E-state index >= 15 is 0 Å². The van der Waals surface area contributed by atoms with Crippen LogP contribution < -0.4 is 10.0 Å².